The average molecular weight is 260 g/mol. The van der Waals surface area contributed by atoms with Crippen molar-refractivity contribution in [3.8, 4) is 0 Å². The van der Waals surface area contributed by atoms with Gasteiger partial charge in [-0.3, -0.25) is 0 Å². The van der Waals surface area contributed by atoms with Crippen LogP contribution in [0, 0.1) is 5.92 Å². The Morgan fingerprint density at radius 3 is 2.72 bits per heavy atom. The number of hydrogen-bond acceptors (Lipinski definition) is 4. The largest absolute Gasteiger partial charge is 0.435 e. The van der Waals surface area contributed by atoms with Gasteiger partial charge in [0.2, 0.25) is 0 Å². The Morgan fingerprint density at radius 1 is 1.33 bits per heavy atom. The fraction of sp³-hybridized carbons (Fsp3) is 0.636. The highest BCUT2D eigenvalue weighted by molar-refractivity contribution is 5.33. The molecule has 0 spiro atoms. The summed E-state index contributed by atoms with van der Waals surface area (Å²) in [4.78, 5) is 0. The lowest BCUT2D eigenvalue weighted by Gasteiger charge is -2.22. The average Bonchev–Trinajstić information content (AvgIpc) is 2.37. The van der Waals surface area contributed by atoms with Crippen LogP contribution in [0.15, 0.2) is 12.1 Å². The first-order valence-corrected chi connectivity index (χ1v) is 5.91. The van der Waals surface area contributed by atoms with Crippen LogP contribution >= 0.6 is 0 Å². The minimum Gasteiger partial charge on any atom is -0.368 e. The van der Waals surface area contributed by atoms with Crippen LogP contribution in [-0.4, -0.2) is 29.8 Å². The molecule has 0 aliphatic carbocycles. The second-order valence-corrected chi connectivity index (χ2v) is 4.39. The van der Waals surface area contributed by atoms with Crippen molar-refractivity contribution in [3.63, 3.8) is 0 Å². The number of halogens is 3. The van der Waals surface area contributed by atoms with E-state index in [1.807, 2.05) is 0 Å². The number of aromatic nitrogens is 2. The summed E-state index contributed by atoms with van der Waals surface area (Å²) in [6.45, 7) is 2.67. The van der Waals surface area contributed by atoms with Crippen molar-refractivity contribution < 1.29 is 13.2 Å². The zero-order valence-corrected chi connectivity index (χ0v) is 9.80. The molecule has 0 radical (unpaired) electrons. The number of anilines is 1. The van der Waals surface area contributed by atoms with Crippen molar-refractivity contribution in [2.75, 3.05) is 25.0 Å². The maximum Gasteiger partial charge on any atom is 0.435 e. The zero-order valence-electron chi connectivity index (χ0n) is 9.80. The van der Waals surface area contributed by atoms with Gasteiger partial charge in [-0.1, -0.05) is 0 Å². The van der Waals surface area contributed by atoms with Crippen LogP contribution in [0.3, 0.4) is 0 Å². The normalized spacial score (nSPS) is 20.7. The number of piperidine rings is 1. The molecular formula is C11H15F3N4. The summed E-state index contributed by atoms with van der Waals surface area (Å²) in [6, 6.07) is 2.25. The highest BCUT2D eigenvalue weighted by Crippen LogP contribution is 2.27. The maximum atomic E-state index is 12.3. The van der Waals surface area contributed by atoms with E-state index in [0.717, 1.165) is 32.0 Å². The van der Waals surface area contributed by atoms with Crippen molar-refractivity contribution in [2.45, 2.75) is 19.0 Å². The number of nitrogens with one attached hydrogen (secondary N) is 2. The molecule has 0 saturated carbocycles. The van der Waals surface area contributed by atoms with Gasteiger partial charge in [0, 0.05) is 6.54 Å². The zero-order chi connectivity index (χ0) is 13.0. The standard InChI is InChI=1S/C11H15F3N4/c12-11(13,14)9-3-4-10(18-17-9)16-7-8-2-1-5-15-6-8/h3-4,8,15H,1-2,5-7H2,(H,16,18). The molecule has 0 bridgehead atoms. The Labute approximate surface area is 103 Å². The second-order valence-electron chi connectivity index (χ2n) is 4.39. The van der Waals surface area contributed by atoms with Crippen LogP contribution in [0.4, 0.5) is 19.0 Å². The van der Waals surface area contributed by atoms with Crippen LogP contribution in [0.1, 0.15) is 18.5 Å². The fourth-order valence-corrected chi connectivity index (χ4v) is 1.92. The molecule has 100 valence electrons. The molecule has 1 saturated heterocycles. The Balaban J connectivity index is 1.86. The van der Waals surface area contributed by atoms with Crippen molar-refractivity contribution in [3.05, 3.63) is 17.8 Å². The van der Waals surface area contributed by atoms with Gasteiger partial charge < -0.3 is 10.6 Å². The molecule has 1 aromatic heterocycles. The van der Waals surface area contributed by atoms with E-state index in [1.165, 1.54) is 6.07 Å². The van der Waals surface area contributed by atoms with Gasteiger partial charge in [-0.2, -0.15) is 13.2 Å². The summed E-state index contributed by atoms with van der Waals surface area (Å²) in [5.41, 5.74) is -0.965. The highest BCUT2D eigenvalue weighted by Gasteiger charge is 2.32. The van der Waals surface area contributed by atoms with E-state index in [4.69, 9.17) is 0 Å². The molecule has 2 N–H and O–H groups in total. The van der Waals surface area contributed by atoms with E-state index in [2.05, 4.69) is 20.8 Å². The SMILES string of the molecule is FC(F)(F)c1ccc(NCC2CCCNC2)nn1. The highest BCUT2D eigenvalue weighted by atomic mass is 19.4. The van der Waals surface area contributed by atoms with E-state index >= 15 is 0 Å². The first-order valence-electron chi connectivity index (χ1n) is 5.91. The van der Waals surface area contributed by atoms with Gasteiger partial charge in [-0.15, -0.1) is 10.2 Å². The fourth-order valence-electron chi connectivity index (χ4n) is 1.92. The van der Waals surface area contributed by atoms with Gasteiger partial charge in [0.1, 0.15) is 5.82 Å². The van der Waals surface area contributed by atoms with Gasteiger partial charge in [-0.25, -0.2) is 0 Å². The summed E-state index contributed by atoms with van der Waals surface area (Å²) in [5.74, 6) is 0.872. The first-order chi connectivity index (χ1) is 8.55. The molecule has 2 heterocycles. The molecule has 1 fully saturated rings. The molecule has 0 aromatic carbocycles. The third-order valence-electron chi connectivity index (χ3n) is 2.93. The summed E-state index contributed by atoms with van der Waals surface area (Å²) in [7, 11) is 0. The van der Waals surface area contributed by atoms with Gasteiger partial charge in [0.05, 0.1) is 0 Å². The van der Waals surface area contributed by atoms with Crippen LogP contribution in [0.25, 0.3) is 0 Å². The van der Waals surface area contributed by atoms with Gasteiger partial charge in [0.25, 0.3) is 0 Å². The number of nitrogens with zero attached hydrogens (tertiary/aromatic N) is 2. The van der Waals surface area contributed by atoms with Gasteiger partial charge in [0.15, 0.2) is 5.69 Å². The summed E-state index contributed by atoms with van der Waals surface area (Å²) in [6.07, 6.45) is -2.18. The first kappa shape index (κ1) is 13.1. The van der Waals surface area contributed by atoms with E-state index in [1.54, 1.807) is 0 Å². The molecular weight excluding hydrogens is 245 g/mol. The van der Waals surface area contributed by atoms with Crippen molar-refractivity contribution >= 4 is 5.82 Å². The quantitative estimate of drug-likeness (QED) is 0.871. The van der Waals surface area contributed by atoms with E-state index in [0.29, 0.717) is 18.3 Å². The number of alkyl halides is 3. The van der Waals surface area contributed by atoms with Crippen LogP contribution in [0.2, 0.25) is 0 Å². The Morgan fingerprint density at radius 2 is 2.17 bits per heavy atom. The Hall–Kier alpha value is -1.37. The minimum absolute atomic E-state index is 0.383. The molecule has 1 aromatic rings. The minimum atomic E-state index is -4.43. The van der Waals surface area contributed by atoms with Crippen molar-refractivity contribution in [2.24, 2.45) is 5.92 Å². The summed E-state index contributed by atoms with van der Waals surface area (Å²) < 4.78 is 36.8. The second kappa shape index (κ2) is 5.51. The smallest absolute Gasteiger partial charge is 0.368 e. The summed E-state index contributed by atoms with van der Waals surface area (Å²) in [5, 5.41) is 13.0. The lowest BCUT2D eigenvalue weighted by Crippen LogP contribution is -2.33. The topological polar surface area (TPSA) is 49.8 Å². The molecule has 1 unspecified atom stereocenters. The Kier molecular flexibility index (Phi) is 4.00. The molecule has 0 amide bonds. The van der Waals surface area contributed by atoms with Gasteiger partial charge in [-0.05, 0) is 44.0 Å². The predicted octanol–water partition coefficient (Wildman–Crippen LogP) is 1.91. The Bertz CT molecular complexity index is 371. The predicted molar refractivity (Wildman–Crippen MR) is 61.1 cm³/mol. The molecule has 18 heavy (non-hydrogen) atoms. The maximum absolute atomic E-state index is 12.3. The third kappa shape index (κ3) is 3.56. The monoisotopic (exact) mass is 260 g/mol. The van der Waals surface area contributed by atoms with E-state index in [9.17, 15) is 13.2 Å². The van der Waals surface area contributed by atoms with Crippen molar-refractivity contribution in [1.82, 2.24) is 15.5 Å². The lowest BCUT2D eigenvalue weighted by atomic mass is 10.00. The van der Waals surface area contributed by atoms with Crippen LogP contribution in [0.5, 0.6) is 0 Å². The van der Waals surface area contributed by atoms with E-state index < -0.39 is 11.9 Å². The molecule has 1 atom stereocenters. The number of rotatable bonds is 3. The number of hydrogen-bond donors (Lipinski definition) is 2. The molecule has 2 rings (SSSR count). The molecule has 4 nitrogen and oxygen atoms in total. The lowest BCUT2D eigenvalue weighted by molar-refractivity contribution is -0.141. The van der Waals surface area contributed by atoms with Crippen LogP contribution < -0.4 is 10.6 Å². The molecule has 1 aliphatic heterocycles. The summed E-state index contributed by atoms with van der Waals surface area (Å²) >= 11 is 0. The van der Waals surface area contributed by atoms with Crippen LogP contribution in [-0.2, 0) is 6.18 Å². The van der Waals surface area contributed by atoms with Gasteiger partial charge >= 0.3 is 6.18 Å². The van der Waals surface area contributed by atoms with E-state index in [-0.39, 0.29) is 0 Å². The molecule has 1 aliphatic rings. The third-order valence-corrected chi connectivity index (χ3v) is 2.93. The van der Waals surface area contributed by atoms with Crippen molar-refractivity contribution in [1.29, 1.82) is 0 Å². The molecule has 7 heteroatoms.